The fourth-order valence-corrected chi connectivity index (χ4v) is 3.03. The van der Waals surface area contributed by atoms with E-state index in [0.717, 1.165) is 0 Å². The molecule has 0 radical (unpaired) electrons. The Bertz CT molecular complexity index is 905. The monoisotopic (exact) mass is 340 g/mol. The SMILES string of the molecule is O=C1c2ccccc2N[C@H](c2c(F)cccc2F)N1Cc1ccco1. The van der Waals surface area contributed by atoms with Gasteiger partial charge in [0.05, 0.1) is 23.9 Å². The molecule has 6 heteroatoms. The van der Waals surface area contributed by atoms with Gasteiger partial charge in [-0.3, -0.25) is 4.79 Å². The summed E-state index contributed by atoms with van der Waals surface area (Å²) in [6.45, 7) is 0.0889. The van der Waals surface area contributed by atoms with E-state index in [0.29, 0.717) is 17.0 Å². The summed E-state index contributed by atoms with van der Waals surface area (Å²) in [5.74, 6) is -1.22. The molecule has 0 unspecified atom stereocenters. The van der Waals surface area contributed by atoms with Gasteiger partial charge in [-0.2, -0.15) is 0 Å². The number of furan rings is 1. The quantitative estimate of drug-likeness (QED) is 0.772. The van der Waals surface area contributed by atoms with Crippen LogP contribution in [-0.4, -0.2) is 10.8 Å². The molecule has 0 bridgehead atoms. The number of anilines is 1. The zero-order valence-electron chi connectivity index (χ0n) is 13.1. The molecule has 0 aliphatic carbocycles. The van der Waals surface area contributed by atoms with E-state index >= 15 is 0 Å². The van der Waals surface area contributed by atoms with Crippen LogP contribution in [0.25, 0.3) is 0 Å². The number of nitrogens with one attached hydrogen (secondary N) is 1. The average Bonchev–Trinajstić information content (AvgIpc) is 3.11. The molecule has 126 valence electrons. The predicted molar refractivity (Wildman–Crippen MR) is 87.7 cm³/mol. The molecule has 1 aromatic heterocycles. The van der Waals surface area contributed by atoms with Crippen LogP contribution in [0.15, 0.2) is 65.3 Å². The van der Waals surface area contributed by atoms with Gasteiger partial charge in [-0.25, -0.2) is 8.78 Å². The molecular formula is C19H14F2N2O2. The van der Waals surface area contributed by atoms with Crippen LogP contribution in [0.3, 0.4) is 0 Å². The van der Waals surface area contributed by atoms with Crippen LogP contribution in [0.1, 0.15) is 27.8 Å². The van der Waals surface area contributed by atoms with Crippen molar-refractivity contribution in [2.75, 3.05) is 5.32 Å². The predicted octanol–water partition coefficient (Wildman–Crippen LogP) is 4.32. The van der Waals surface area contributed by atoms with Gasteiger partial charge in [-0.15, -0.1) is 0 Å². The molecular weight excluding hydrogens is 326 g/mol. The highest BCUT2D eigenvalue weighted by molar-refractivity contribution is 6.01. The van der Waals surface area contributed by atoms with Gasteiger partial charge in [-0.05, 0) is 36.4 Å². The topological polar surface area (TPSA) is 45.5 Å². The first-order chi connectivity index (χ1) is 12.1. The number of para-hydroxylation sites is 1. The summed E-state index contributed by atoms with van der Waals surface area (Å²) >= 11 is 0. The fourth-order valence-electron chi connectivity index (χ4n) is 3.03. The molecule has 1 aliphatic rings. The number of rotatable bonds is 3. The van der Waals surface area contributed by atoms with E-state index < -0.39 is 17.8 Å². The standard InChI is InChI=1S/C19H14F2N2O2/c20-14-7-3-8-15(21)17(14)18-22-16-9-2-1-6-13(16)19(24)23(18)11-12-5-4-10-25-12/h1-10,18,22H,11H2/t18-/m0/s1. The molecule has 25 heavy (non-hydrogen) atoms. The van der Waals surface area contributed by atoms with Gasteiger partial charge in [0.1, 0.15) is 23.6 Å². The summed E-state index contributed by atoms with van der Waals surface area (Å²) in [7, 11) is 0. The van der Waals surface area contributed by atoms with Crippen LogP contribution < -0.4 is 5.32 Å². The molecule has 4 nitrogen and oxygen atoms in total. The van der Waals surface area contributed by atoms with Crippen molar-refractivity contribution in [3.05, 3.63) is 89.4 Å². The second-order valence-electron chi connectivity index (χ2n) is 5.74. The van der Waals surface area contributed by atoms with Crippen molar-refractivity contribution in [1.29, 1.82) is 0 Å². The summed E-state index contributed by atoms with van der Waals surface area (Å²) in [6.07, 6.45) is 0.512. The maximum Gasteiger partial charge on any atom is 0.258 e. The molecule has 0 saturated heterocycles. The summed E-state index contributed by atoms with van der Waals surface area (Å²) in [5.41, 5.74) is 0.787. The molecule has 0 fully saturated rings. The Balaban J connectivity index is 1.83. The molecule has 0 spiro atoms. The van der Waals surface area contributed by atoms with Crippen LogP contribution in [0.4, 0.5) is 14.5 Å². The first kappa shape index (κ1) is 15.4. The lowest BCUT2D eigenvalue weighted by atomic mass is 10.0. The van der Waals surface area contributed by atoms with Crippen LogP contribution in [0.5, 0.6) is 0 Å². The smallest absolute Gasteiger partial charge is 0.258 e. The molecule has 2 aromatic carbocycles. The maximum atomic E-state index is 14.3. The molecule has 4 rings (SSSR count). The highest BCUT2D eigenvalue weighted by atomic mass is 19.1. The second-order valence-corrected chi connectivity index (χ2v) is 5.74. The first-order valence-corrected chi connectivity index (χ1v) is 7.78. The first-order valence-electron chi connectivity index (χ1n) is 7.78. The number of fused-ring (bicyclic) bond motifs is 1. The van der Waals surface area contributed by atoms with E-state index in [1.807, 2.05) is 0 Å². The van der Waals surface area contributed by atoms with Gasteiger partial charge < -0.3 is 14.6 Å². The summed E-state index contributed by atoms with van der Waals surface area (Å²) in [5, 5.41) is 3.07. The molecule has 3 aromatic rings. The van der Waals surface area contributed by atoms with Gasteiger partial charge in [0.2, 0.25) is 0 Å². The summed E-state index contributed by atoms with van der Waals surface area (Å²) < 4.78 is 34.0. The van der Waals surface area contributed by atoms with Gasteiger partial charge in [0.15, 0.2) is 0 Å². The number of hydrogen-bond donors (Lipinski definition) is 1. The second kappa shape index (κ2) is 6.05. The Hall–Kier alpha value is -3.15. The summed E-state index contributed by atoms with van der Waals surface area (Å²) in [4.78, 5) is 14.3. The summed E-state index contributed by atoms with van der Waals surface area (Å²) in [6, 6.07) is 13.9. The van der Waals surface area contributed by atoms with Gasteiger partial charge >= 0.3 is 0 Å². The molecule has 1 N–H and O–H groups in total. The third kappa shape index (κ3) is 2.65. The molecule has 1 amide bonds. The third-order valence-electron chi connectivity index (χ3n) is 4.20. The Kier molecular flexibility index (Phi) is 3.72. The lowest BCUT2D eigenvalue weighted by molar-refractivity contribution is 0.0645. The van der Waals surface area contributed by atoms with Crippen LogP contribution in [0, 0.1) is 11.6 Å². The fraction of sp³-hybridized carbons (Fsp3) is 0.105. The van der Waals surface area contributed by atoms with E-state index in [4.69, 9.17) is 4.42 Å². The van der Waals surface area contributed by atoms with Crippen LogP contribution >= 0.6 is 0 Å². The average molecular weight is 340 g/mol. The number of hydrogen-bond acceptors (Lipinski definition) is 3. The van der Waals surface area contributed by atoms with E-state index in [9.17, 15) is 13.6 Å². The van der Waals surface area contributed by atoms with Gasteiger partial charge in [-0.1, -0.05) is 18.2 Å². The number of benzene rings is 2. The third-order valence-corrected chi connectivity index (χ3v) is 4.20. The molecule has 1 atom stereocenters. The maximum absolute atomic E-state index is 14.3. The minimum Gasteiger partial charge on any atom is -0.467 e. The Morgan fingerprint density at radius 1 is 1.00 bits per heavy atom. The van der Waals surface area contributed by atoms with Crippen molar-refractivity contribution < 1.29 is 18.0 Å². The Labute approximate surface area is 142 Å². The van der Waals surface area contributed by atoms with Gasteiger partial charge in [0.25, 0.3) is 5.91 Å². The normalized spacial score (nSPS) is 16.5. The van der Waals surface area contributed by atoms with Crippen molar-refractivity contribution >= 4 is 11.6 Å². The van der Waals surface area contributed by atoms with Crippen molar-refractivity contribution in [3.63, 3.8) is 0 Å². The van der Waals surface area contributed by atoms with Crippen molar-refractivity contribution in [2.45, 2.75) is 12.7 Å². The highest BCUT2D eigenvalue weighted by Gasteiger charge is 2.36. The number of halogens is 2. The number of amides is 1. The van der Waals surface area contributed by atoms with E-state index in [1.54, 1.807) is 36.4 Å². The van der Waals surface area contributed by atoms with Gasteiger partial charge in [0, 0.05) is 5.69 Å². The van der Waals surface area contributed by atoms with Crippen molar-refractivity contribution in [2.24, 2.45) is 0 Å². The van der Waals surface area contributed by atoms with E-state index in [2.05, 4.69) is 5.32 Å². The van der Waals surface area contributed by atoms with Crippen LogP contribution in [-0.2, 0) is 6.54 Å². The largest absolute Gasteiger partial charge is 0.467 e. The minimum atomic E-state index is -0.978. The van der Waals surface area contributed by atoms with E-state index in [-0.39, 0.29) is 18.0 Å². The number of carbonyl (C=O) groups is 1. The molecule has 1 aliphatic heterocycles. The minimum absolute atomic E-state index is 0.0889. The zero-order valence-corrected chi connectivity index (χ0v) is 13.1. The molecule has 0 saturated carbocycles. The lowest BCUT2D eigenvalue weighted by Crippen LogP contribution is -2.43. The van der Waals surface area contributed by atoms with E-state index in [1.165, 1.54) is 29.4 Å². The number of nitrogens with zero attached hydrogens (tertiary/aromatic N) is 1. The van der Waals surface area contributed by atoms with Crippen molar-refractivity contribution in [1.82, 2.24) is 4.90 Å². The Morgan fingerprint density at radius 2 is 1.76 bits per heavy atom. The Morgan fingerprint density at radius 3 is 2.48 bits per heavy atom. The van der Waals surface area contributed by atoms with Crippen LogP contribution in [0.2, 0.25) is 0 Å². The lowest BCUT2D eigenvalue weighted by Gasteiger charge is -2.37. The highest BCUT2D eigenvalue weighted by Crippen LogP contribution is 2.36. The molecule has 2 heterocycles. The number of carbonyl (C=O) groups excluding carboxylic acids is 1. The zero-order chi connectivity index (χ0) is 17.4. The van der Waals surface area contributed by atoms with Crippen molar-refractivity contribution in [3.8, 4) is 0 Å².